The standard InChI is InChI=1S/C16H15BrO5/c1-2-20-16(19)14-12(8-21-15(18)9-3-4-9)11-7-10(17)5-6-13(11)22-14/h5-7,9H,2-4,8H2,1H3. The number of carbonyl (C=O) groups is 2. The van der Waals surface area contributed by atoms with Crippen molar-refractivity contribution in [2.24, 2.45) is 5.92 Å². The number of rotatable bonds is 5. The molecule has 0 saturated heterocycles. The van der Waals surface area contributed by atoms with Gasteiger partial charge in [-0.1, -0.05) is 15.9 Å². The van der Waals surface area contributed by atoms with Crippen molar-refractivity contribution in [3.8, 4) is 0 Å². The number of carbonyl (C=O) groups excluding carboxylic acids is 2. The topological polar surface area (TPSA) is 65.7 Å². The average molecular weight is 367 g/mol. The Kier molecular flexibility index (Phi) is 4.20. The minimum absolute atomic E-state index is 0.00688. The molecule has 1 aromatic heterocycles. The van der Waals surface area contributed by atoms with Crippen molar-refractivity contribution in [3.63, 3.8) is 0 Å². The van der Waals surface area contributed by atoms with Gasteiger partial charge >= 0.3 is 11.9 Å². The van der Waals surface area contributed by atoms with E-state index in [1.807, 2.05) is 12.1 Å². The van der Waals surface area contributed by atoms with Gasteiger partial charge in [-0.2, -0.15) is 0 Å². The molecule has 0 bridgehead atoms. The maximum atomic E-state index is 12.0. The summed E-state index contributed by atoms with van der Waals surface area (Å²) in [5.74, 6) is -0.666. The van der Waals surface area contributed by atoms with Crippen LogP contribution in [-0.2, 0) is 20.9 Å². The molecule has 5 nitrogen and oxygen atoms in total. The van der Waals surface area contributed by atoms with Crippen LogP contribution in [0.3, 0.4) is 0 Å². The van der Waals surface area contributed by atoms with E-state index < -0.39 is 5.97 Å². The fourth-order valence-electron chi connectivity index (χ4n) is 2.21. The van der Waals surface area contributed by atoms with E-state index in [9.17, 15) is 9.59 Å². The van der Waals surface area contributed by atoms with Gasteiger partial charge in [0, 0.05) is 9.86 Å². The van der Waals surface area contributed by atoms with E-state index in [4.69, 9.17) is 13.9 Å². The third-order valence-corrected chi connectivity index (χ3v) is 3.98. The second kappa shape index (κ2) is 6.12. The van der Waals surface area contributed by atoms with Gasteiger partial charge in [0.05, 0.1) is 18.1 Å². The Balaban J connectivity index is 1.95. The molecule has 0 amide bonds. The van der Waals surface area contributed by atoms with Crippen LogP contribution < -0.4 is 0 Å². The van der Waals surface area contributed by atoms with E-state index in [1.54, 1.807) is 13.0 Å². The van der Waals surface area contributed by atoms with E-state index in [0.717, 1.165) is 22.7 Å². The van der Waals surface area contributed by atoms with Crippen LogP contribution in [0.15, 0.2) is 27.1 Å². The molecule has 22 heavy (non-hydrogen) atoms. The average Bonchev–Trinajstić information content (AvgIpc) is 3.27. The Morgan fingerprint density at radius 1 is 1.32 bits per heavy atom. The van der Waals surface area contributed by atoms with Crippen molar-refractivity contribution in [3.05, 3.63) is 34.0 Å². The van der Waals surface area contributed by atoms with Crippen molar-refractivity contribution < 1.29 is 23.5 Å². The molecule has 1 heterocycles. The van der Waals surface area contributed by atoms with Gasteiger partial charge in [-0.05, 0) is 38.0 Å². The molecule has 0 atom stereocenters. The summed E-state index contributed by atoms with van der Waals surface area (Å²) >= 11 is 3.39. The lowest BCUT2D eigenvalue weighted by Crippen LogP contribution is -2.10. The second-order valence-electron chi connectivity index (χ2n) is 5.15. The van der Waals surface area contributed by atoms with Crippen molar-refractivity contribution in [2.45, 2.75) is 26.4 Å². The number of halogens is 1. The van der Waals surface area contributed by atoms with E-state index in [1.165, 1.54) is 0 Å². The molecule has 0 spiro atoms. The lowest BCUT2D eigenvalue weighted by molar-refractivity contribution is -0.146. The highest BCUT2D eigenvalue weighted by atomic mass is 79.9. The van der Waals surface area contributed by atoms with Crippen LogP contribution in [0.4, 0.5) is 0 Å². The molecular formula is C16H15BrO5. The summed E-state index contributed by atoms with van der Waals surface area (Å²) < 4.78 is 16.8. The first-order valence-electron chi connectivity index (χ1n) is 7.14. The van der Waals surface area contributed by atoms with E-state index >= 15 is 0 Å². The summed E-state index contributed by atoms with van der Waals surface area (Å²) in [7, 11) is 0. The number of fused-ring (bicyclic) bond motifs is 1. The molecule has 1 aromatic carbocycles. The Hall–Kier alpha value is -1.82. The minimum Gasteiger partial charge on any atom is -0.460 e. The monoisotopic (exact) mass is 366 g/mol. The molecule has 3 rings (SSSR count). The largest absolute Gasteiger partial charge is 0.460 e. The quantitative estimate of drug-likeness (QED) is 0.752. The number of ether oxygens (including phenoxy) is 2. The second-order valence-corrected chi connectivity index (χ2v) is 6.07. The third kappa shape index (κ3) is 3.02. The van der Waals surface area contributed by atoms with E-state index in [-0.39, 0.29) is 30.9 Å². The molecule has 0 unspecified atom stereocenters. The highest BCUT2D eigenvalue weighted by molar-refractivity contribution is 9.10. The summed E-state index contributed by atoms with van der Waals surface area (Å²) in [4.78, 5) is 23.8. The Bertz CT molecular complexity index is 729. The predicted molar refractivity (Wildman–Crippen MR) is 82.4 cm³/mol. The van der Waals surface area contributed by atoms with Gasteiger partial charge in [-0.15, -0.1) is 0 Å². The highest BCUT2D eigenvalue weighted by Crippen LogP contribution is 2.33. The van der Waals surface area contributed by atoms with Gasteiger partial charge in [-0.25, -0.2) is 4.79 Å². The Labute approximate surface area is 135 Å². The van der Waals surface area contributed by atoms with Crippen molar-refractivity contribution in [2.75, 3.05) is 6.61 Å². The van der Waals surface area contributed by atoms with Crippen LogP contribution in [0.5, 0.6) is 0 Å². The van der Waals surface area contributed by atoms with Crippen LogP contribution in [0, 0.1) is 5.92 Å². The number of hydrogen-bond acceptors (Lipinski definition) is 5. The first kappa shape index (κ1) is 15.1. The highest BCUT2D eigenvalue weighted by Gasteiger charge is 2.32. The summed E-state index contributed by atoms with van der Waals surface area (Å²) in [6.45, 7) is 1.98. The molecule has 116 valence electrons. The van der Waals surface area contributed by atoms with Crippen molar-refractivity contribution in [1.29, 1.82) is 0 Å². The van der Waals surface area contributed by atoms with Gasteiger partial charge in [0.15, 0.2) is 0 Å². The lowest BCUT2D eigenvalue weighted by Gasteiger charge is -2.05. The van der Waals surface area contributed by atoms with Crippen LogP contribution in [-0.4, -0.2) is 18.5 Å². The normalized spacial score (nSPS) is 14.1. The molecule has 1 aliphatic carbocycles. The minimum atomic E-state index is -0.549. The molecule has 1 aliphatic rings. The van der Waals surface area contributed by atoms with Crippen molar-refractivity contribution >= 4 is 38.8 Å². The number of furan rings is 1. The molecule has 6 heteroatoms. The van der Waals surface area contributed by atoms with Crippen LogP contribution in [0.1, 0.15) is 35.9 Å². The van der Waals surface area contributed by atoms with Gasteiger partial charge in [0.1, 0.15) is 12.2 Å². The summed E-state index contributed by atoms with van der Waals surface area (Å²) in [5, 5.41) is 0.737. The number of benzene rings is 1. The van der Waals surface area contributed by atoms with E-state index in [2.05, 4.69) is 15.9 Å². The SMILES string of the molecule is CCOC(=O)c1oc2ccc(Br)cc2c1COC(=O)C1CC1. The van der Waals surface area contributed by atoms with Gasteiger partial charge in [0.25, 0.3) is 0 Å². The fourth-order valence-corrected chi connectivity index (χ4v) is 2.57. The van der Waals surface area contributed by atoms with Gasteiger partial charge in [-0.3, -0.25) is 4.79 Å². The summed E-state index contributed by atoms with van der Waals surface area (Å²) in [6, 6.07) is 5.41. The molecular weight excluding hydrogens is 352 g/mol. The first-order valence-corrected chi connectivity index (χ1v) is 7.94. The molecule has 2 aromatic rings. The molecule has 1 saturated carbocycles. The molecule has 0 N–H and O–H groups in total. The van der Waals surface area contributed by atoms with Gasteiger partial charge in [0.2, 0.25) is 5.76 Å². The summed E-state index contributed by atoms with van der Waals surface area (Å²) in [6.07, 6.45) is 1.75. The van der Waals surface area contributed by atoms with Crippen LogP contribution >= 0.6 is 15.9 Å². The number of hydrogen-bond donors (Lipinski definition) is 0. The number of esters is 2. The van der Waals surface area contributed by atoms with Crippen LogP contribution in [0.2, 0.25) is 0 Å². The first-order chi connectivity index (χ1) is 10.6. The zero-order valence-electron chi connectivity index (χ0n) is 12.1. The van der Waals surface area contributed by atoms with E-state index in [0.29, 0.717) is 11.1 Å². The lowest BCUT2D eigenvalue weighted by atomic mass is 10.1. The van der Waals surface area contributed by atoms with Gasteiger partial charge < -0.3 is 13.9 Å². The molecule has 1 fully saturated rings. The third-order valence-electron chi connectivity index (χ3n) is 3.48. The predicted octanol–water partition coefficient (Wildman–Crippen LogP) is 3.83. The maximum Gasteiger partial charge on any atom is 0.374 e. The van der Waals surface area contributed by atoms with Crippen LogP contribution in [0.25, 0.3) is 11.0 Å². The van der Waals surface area contributed by atoms with Crippen molar-refractivity contribution in [1.82, 2.24) is 0 Å². The summed E-state index contributed by atoms with van der Waals surface area (Å²) in [5.41, 5.74) is 1.10. The zero-order chi connectivity index (χ0) is 15.7. The molecule has 0 radical (unpaired) electrons. The smallest absolute Gasteiger partial charge is 0.374 e. The Morgan fingerprint density at radius 2 is 2.09 bits per heavy atom. The Morgan fingerprint density at radius 3 is 2.77 bits per heavy atom. The maximum absolute atomic E-state index is 12.0. The fraction of sp³-hybridized carbons (Fsp3) is 0.375. The zero-order valence-corrected chi connectivity index (χ0v) is 13.6. The molecule has 0 aliphatic heterocycles.